The third kappa shape index (κ3) is 3.78. The molecule has 4 nitrogen and oxygen atoms in total. The molecule has 2 rings (SSSR count). The Hall–Kier alpha value is -0.430. The maximum absolute atomic E-state index is 4.39. The molecule has 0 atom stereocenters. The molecule has 5 heteroatoms. The van der Waals surface area contributed by atoms with Gasteiger partial charge in [0.1, 0.15) is 12.1 Å². The van der Waals surface area contributed by atoms with Gasteiger partial charge in [0.2, 0.25) is 0 Å². The Morgan fingerprint density at radius 2 is 2.22 bits per heavy atom. The van der Waals surface area contributed by atoms with E-state index < -0.39 is 0 Å². The maximum Gasteiger partial charge on any atom is 0.145 e. The van der Waals surface area contributed by atoms with Crippen molar-refractivity contribution in [1.82, 2.24) is 15.3 Å². The van der Waals surface area contributed by atoms with Gasteiger partial charge in [-0.15, -0.1) is 0 Å². The molecule has 1 saturated heterocycles. The van der Waals surface area contributed by atoms with Crippen LogP contribution in [0.3, 0.4) is 0 Å². The third-order valence-corrected chi connectivity index (χ3v) is 4.18. The summed E-state index contributed by atoms with van der Waals surface area (Å²) in [6.45, 7) is 6.76. The van der Waals surface area contributed by atoms with E-state index in [1.807, 2.05) is 6.20 Å². The fourth-order valence-electron chi connectivity index (χ4n) is 2.37. The number of nitrogens with zero attached hydrogens (tertiary/aromatic N) is 3. The number of anilines is 1. The van der Waals surface area contributed by atoms with Crippen LogP contribution < -0.4 is 10.2 Å². The van der Waals surface area contributed by atoms with Crippen LogP contribution in [0.4, 0.5) is 5.82 Å². The molecular weight excluding hydrogens is 339 g/mol. The third-order valence-electron chi connectivity index (χ3n) is 3.42. The van der Waals surface area contributed by atoms with Gasteiger partial charge in [0.15, 0.2) is 0 Å². The zero-order valence-corrected chi connectivity index (χ0v) is 13.1. The highest BCUT2D eigenvalue weighted by atomic mass is 127. The van der Waals surface area contributed by atoms with E-state index in [-0.39, 0.29) is 0 Å². The lowest BCUT2D eigenvalue weighted by molar-refractivity contribution is 0.382. The van der Waals surface area contributed by atoms with Crippen LogP contribution in [0.25, 0.3) is 0 Å². The predicted octanol–water partition coefficient (Wildman–Crippen LogP) is 2.30. The van der Waals surface area contributed by atoms with E-state index >= 15 is 0 Å². The molecule has 0 saturated carbocycles. The Balaban J connectivity index is 1.81. The molecule has 0 radical (unpaired) electrons. The minimum absolute atomic E-state index is 0.826. The minimum Gasteiger partial charge on any atom is -0.356 e. The van der Waals surface area contributed by atoms with E-state index in [0.717, 1.165) is 34.9 Å². The Kier molecular flexibility index (Phi) is 5.62. The van der Waals surface area contributed by atoms with Crippen LogP contribution in [-0.2, 0) is 0 Å². The lowest BCUT2D eigenvalue weighted by atomic mass is 9.97. The lowest BCUT2D eigenvalue weighted by Crippen LogP contribution is -2.38. The summed E-state index contributed by atoms with van der Waals surface area (Å²) >= 11 is 2.32. The van der Waals surface area contributed by atoms with Crippen molar-refractivity contribution in [2.45, 2.75) is 26.2 Å². The number of rotatable bonds is 5. The second-order valence-electron chi connectivity index (χ2n) is 4.83. The zero-order valence-electron chi connectivity index (χ0n) is 10.9. The average molecular weight is 360 g/mol. The highest BCUT2D eigenvalue weighted by Crippen LogP contribution is 2.24. The Labute approximate surface area is 123 Å². The van der Waals surface area contributed by atoms with E-state index in [1.165, 1.54) is 25.8 Å². The van der Waals surface area contributed by atoms with Crippen LogP contribution in [0, 0.1) is 9.49 Å². The summed E-state index contributed by atoms with van der Waals surface area (Å²) in [5.41, 5.74) is 0. The molecule has 1 aliphatic rings. The molecule has 0 aliphatic carbocycles. The first kappa shape index (κ1) is 14.0. The first-order valence-corrected chi connectivity index (χ1v) is 7.80. The fraction of sp³-hybridized carbons (Fsp3) is 0.692. The van der Waals surface area contributed by atoms with Crippen molar-refractivity contribution in [1.29, 1.82) is 0 Å². The molecule has 100 valence electrons. The highest BCUT2D eigenvalue weighted by molar-refractivity contribution is 14.1. The Morgan fingerprint density at radius 1 is 1.44 bits per heavy atom. The molecule has 1 aromatic heterocycles. The van der Waals surface area contributed by atoms with Crippen LogP contribution in [0.2, 0.25) is 0 Å². The quantitative estimate of drug-likeness (QED) is 0.646. The molecule has 2 heterocycles. The first-order chi connectivity index (χ1) is 8.81. The Morgan fingerprint density at radius 3 is 2.89 bits per heavy atom. The summed E-state index contributed by atoms with van der Waals surface area (Å²) in [4.78, 5) is 10.8. The van der Waals surface area contributed by atoms with Crippen LogP contribution in [0.5, 0.6) is 0 Å². The summed E-state index contributed by atoms with van der Waals surface area (Å²) < 4.78 is 1.15. The molecule has 1 fully saturated rings. The lowest BCUT2D eigenvalue weighted by Gasteiger charge is -2.33. The van der Waals surface area contributed by atoms with E-state index in [9.17, 15) is 0 Å². The summed E-state index contributed by atoms with van der Waals surface area (Å²) in [5.74, 6) is 1.93. The van der Waals surface area contributed by atoms with Gasteiger partial charge in [-0.2, -0.15) is 0 Å². The van der Waals surface area contributed by atoms with Gasteiger partial charge in [0.25, 0.3) is 0 Å². The molecule has 0 bridgehead atoms. The molecule has 0 unspecified atom stereocenters. The number of nitrogens with one attached hydrogen (secondary N) is 1. The van der Waals surface area contributed by atoms with Crippen LogP contribution in [0.15, 0.2) is 12.5 Å². The number of aromatic nitrogens is 2. The molecule has 1 aliphatic heterocycles. The number of hydrogen-bond donors (Lipinski definition) is 1. The summed E-state index contributed by atoms with van der Waals surface area (Å²) in [7, 11) is 0. The number of hydrogen-bond acceptors (Lipinski definition) is 4. The van der Waals surface area contributed by atoms with E-state index in [4.69, 9.17) is 0 Å². The van der Waals surface area contributed by atoms with Crippen molar-refractivity contribution in [2.24, 2.45) is 5.92 Å². The topological polar surface area (TPSA) is 41.0 Å². The van der Waals surface area contributed by atoms with E-state index in [1.54, 1.807) is 6.33 Å². The molecule has 1 N–H and O–H groups in total. The van der Waals surface area contributed by atoms with Gasteiger partial charge in [0, 0.05) is 19.3 Å². The maximum atomic E-state index is 4.39. The van der Waals surface area contributed by atoms with Gasteiger partial charge in [-0.3, -0.25) is 0 Å². The molecule has 1 aromatic rings. The second-order valence-corrected chi connectivity index (χ2v) is 5.99. The fourth-order valence-corrected chi connectivity index (χ4v) is 3.01. The standard InChI is InChI=1S/C13H21IN4/c1-2-5-15-8-11-3-6-18(7-4-11)13-12(14)9-16-10-17-13/h9-11,15H,2-8H2,1H3. The zero-order chi connectivity index (χ0) is 12.8. The largest absolute Gasteiger partial charge is 0.356 e. The average Bonchev–Trinajstić information content (AvgIpc) is 2.41. The van der Waals surface area contributed by atoms with Crippen molar-refractivity contribution >= 4 is 28.4 Å². The van der Waals surface area contributed by atoms with Gasteiger partial charge in [-0.1, -0.05) is 6.92 Å². The van der Waals surface area contributed by atoms with Gasteiger partial charge in [0.05, 0.1) is 3.57 Å². The van der Waals surface area contributed by atoms with Crippen LogP contribution >= 0.6 is 22.6 Å². The number of halogens is 1. The normalized spacial score (nSPS) is 17.1. The molecule has 0 aromatic carbocycles. The molecule has 0 spiro atoms. The molecular formula is C13H21IN4. The van der Waals surface area contributed by atoms with Crippen LogP contribution in [0.1, 0.15) is 26.2 Å². The SMILES string of the molecule is CCCNCC1CCN(c2ncncc2I)CC1. The minimum atomic E-state index is 0.826. The van der Waals surface area contributed by atoms with Crippen molar-refractivity contribution in [3.8, 4) is 0 Å². The van der Waals surface area contributed by atoms with Crippen molar-refractivity contribution in [3.63, 3.8) is 0 Å². The monoisotopic (exact) mass is 360 g/mol. The van der Waals surface area contributed by atoms with Crippen molar-refractivity contribution in [3.05, 3.63) is 16.1 Å². The van der Waals surface area contributed by atoms with E-state index in [2.05, 4.69) is 49.7 Å². The van der Waals surface area contributed by atoms with Gasteiger partial charge in [-0.05, 0) is 60.9 Å². The predicted molar refractivity (Wildman–Crippen MR) is 82.8 cm³/mol. The molecule has 0 amide bonds. The second kappa shape index (κ2) is 7.23. The molecule has 18 heavy (non-hydrogen) atoms. The number of piperidine rings is 1. The van der Waals surface area contributed by atoms with Gasteiger partial charge >= 0.3 is 0 Å². The smallest absolute Gasteiger partial charge is 0.145 e. The van der Waals surface area contributed by atoms with Crippen LogP contribution in [-0.4, -0.2) is 36.1 Å². The summed E-state index contributed by atoms with van der Waals surface area (Å²) in [6.07, 6.45) is 7.27. The summed E-state index contributed by atoms with van der Waals surface area (Å²) in [5, 5.41) is 3.53. The van der Waals surface area contributed by atoms with Gasteiger partial charge in [-0.25, -0.2) is 9.97 Å². The van der Waals surface area contributed by atoms with Crippen molar-refractivity contribution < 1.29 is 0 Å². The Bertz CT molecular complexity index is 364. The highest BCUT2D eigenvalue weighted by Gasteiger charge is 2.21. The van der Waals surface area contributed by atoms with Gasteiger partial charge < -0.3 is 10.2 Å². The van der Waals surface area contributed by atoms with E-state index in [0.29, 0.717) is 0 Å². The summed E-state index contributed by atoms with van der Waals surface area (Å²) in [6, 6.07) is 0. The van der Waals surface area contributed by atoms with Crippen molar-refractivity contribution in [2.75, 3.05) is 31.1 Å². The first-order valence-electron chi connectivity index (χ1n) is 6.72.